The fourth-order valence-electron chi connectivity index (χ4n) is 2.72. The van der Waals surface area contributed by atoms with Crippen LogP contribution in [0.3, 0.4) is 0 Å². The van der Waals surface area contributed by atoms with Crippen molar-refractivity contribution in [3.05, 3.63) is 24.0 Å². The molecule has 5 heteroatoms. The van der Waals surface area contributed by atoms with E-state index in [0.29, 0.717) is 6.04 Å². The summed E-state index contributed by atoms with van der Waals surface area (Å²) >= 11 is 0. The van der Waals surface area contributed by atoms with Crippen molar-refractivity contribution in [1.82, 2.24) is 9.88 Å². The number of pyridine rings is 1. The van der Waals surface area contributed by atoms with E-state index in [1.54, 1.807) is 0 Å². The molecule has 2 atom stereocenters. The first-order valence-electron chi connectivity index (χ1n) is 7.32. The molecule has 20 heavy (non-hydrogen) atoms. The van der Waals surface area contributed by atoms with Crippen LogP contribution < -0.4 is 11.1 Å². The zero-order chi connectivity index (χ0) is 14.5. The Morgan fingerprint density at radius 1 is 1.55 bits per heavy atom. The molecule has 1 aliphatic heterocycles. The molecular weight excluding hydrogens is 252 g/mol. The summed E-state index contributed by atoms with van der Waals surface area (Å²) in [4.78, 5) is 18.1. The van der Waals surface area contributed by atoms with Gasteiger partial charge in [0.1, 0.15) is 0 Å². The quantitative estimate of drug-likeness (QED) is 0.857. The molecule has 2 heterocycles. The summed E-state index contributed by atoms with van der Waals surface area (Å²) in [5.41, 5.74) is 7.56. The number of aromatic nitrogens is 1. The van der Waals surface area contributed by atoms with Crippen LogP contribution in [-0.2, 0) is 11.3 Å². The number of piperidine rings is 1. The van der Waals surface area contributed by atoms with E-state index in [-0.39, 0.29) is 11.8 Å². The largest absolute Gasteiger partial charge is 0.385 e. The van der Waals surface area contributed by atoms with Crippen molar-refractivity contribution in [2.24, 2.45) is 11.7 Å². The highest BCUT2D eigenvalue weighted by Gasteiger charge is 2.28. The number of nitrogens with one attached hydrogen (secondary N) is 1. The molecular formula is C15H24N4O. The van der Waals surface area contributed by atoms with Gasteiger partial charge in [-0.3, -0.25) is 14.7 Å². The molecule has 0 radical (unpaired) electrons. The average molecular weight is 276 g/mol. The topological polar surface area (TPSA) is 71.2 Å². The van der Waals surface area contributed by atoms with Crippen molar-refractivity contribution in [1.29, 1.82) is 0 Å². The van der Waals surface area contributed by atoms with Crippen molar-refractivity contribution < 1.29 is 4.79 Å². The van der Waals surface area contributed by atoms with Gasteiger partial charge in [0.2, 0.25) is 5.91 Å². The molecule has 1 amide bonds. The molecule has 0 bridgehead atoms. The normalized spacial score (nSPS) is 23.5. The standard InChI is InChI=1S/C15H24N4O/c1-3-17-13-6-7-18-14(8-13)10-19-9-12(15(16)20)5-4-11(19)2/h6-8,11-12H,3-5,9-10H2,1-2H3,(H2,16,20)(H,17,18). The predicted octanol–water partition coefficient (Wildman–Crippen LogP) is 1.60. The lowest BCUT2D eigenvalue weighted by molar-refractivity contribution is -0.124. The third kappa shape index (κ3) is 3.70. The maximum atomic E-state index is 11.4. The number of anilines is 1. The molecule has 2 rings (SSSR count). The number of nitrogens with zero attached hydrogens (tertiary/aromatic N) is 2. The van der Waals surface area contributed by atoms with E-state index in [1.807, 2.05) is 12.3 Å². The number of rotatable bonds is 5. The van der Waals surface area contributed by atoms with Crippen molar-refractivity contribution in [3.63, 3.8) is 0 Å². The number of primary amides is 1. The number of hydrogen-bond donors (Lipinski definition) is 2. The highest BCUT2D eigenvalue weighted by Crippen LogP contribution is 2.23. The summed E-state index contributed by atoms with van der Waals surface area (Å²) in [6.45, 7) is 6.68. The molecule has 0 spiro atoms. The van der Waals surface area contributed by atoms with Crippen LogP contribution in [0, 0.1) is 5.92 Å². The van der Waals surface area contributed by atoms with Crippen molar-refractivity contribution in [3.8, 4) is 0 Å². The fraction of sp³-hybridized carbons (Fsp3) is 0.600. The highest BCUT2D eigenvalue weighted by molar-refractivity contribution is 5.77. The third-order valence-electron chi connectivity index (χ3n) is 3.98. The van der Waals surface area contributed by atoms with E-state index < -0.39 is 0 Å². The number of amides is 1. The number of carbonyl (C=O) groups excluding carboxylic acids is 1. The lowest BCUT2D eigenvalue weighted by Gasteiger charge is -2.36. The second-order valence-corrected chi connectivity index (χ2v) is 5.52. The molecule has 3 N–H and O–H groups in total. The molecule has 5 nitrogen and oxygen atoms in total. The minimum absolute atomic E-state index is 0.0249. The Kier molecular flexibility index (Phi) is 4.95. The number of nitrogens with two attached hydrogens (primary N) is 1. The van der Waals surface area contributed by atoms with E-state index in [1.165, 1.54) is 0 Å². The molecule has 0 aromatic carbocycles. The molecule has 110 valence electrons. The summed E-state index contributed by atoms with van der Waals surface area (Å²) < 4.78 is 0. The van der Waals surface area contributed by atoms with Gasteiger partial charge >= 0.3 is 0 Å². The molecule has 0 aliphatic carbocycles. The zero-order valence-electron chi connectivity index (χ0n) is 12.3. The van der Waals surface area contributed by atoms with E-state index in [0.717, 1.165) is 43.9 Å². The Morgan fingerprint density at radius 2 is 2.35 bits per heavy atom. The first kappa shape index (κ1) is 14.8. The first-order chi connectivity index (χ1) is 9.60. The molecule has 1 fully saturated rings. The molecule has 1 aromatic rings. The Balaban J connectivity index is 2.03. The van der Waals surface area contributed by atoms with Crippen LogP contribution in [-0.4, -0.2) is 34.9 Å². The highest BCUT2D eigenvalue weighted by atomic mass is 16.1. The smallest absolute Gasteiger partial charge is 0.221 e. The minimum Gasteiger partial charge on any atom is -0.385 e. The van der Waals surface area contributed by atoms with Gasteiger partial charge in [-0.15, -0.1) is 0 Å². The van der Waals surface area contributed by atoms with Gasteiger partial charge in [-0.05, 0) is 38.8 Å². The average Bonchev–Trinajstić information content (AvgIpc) is 2.42. The van der Waals surface area contributed by atoms with Crippen molar-refractivity contribution >= 4 is 11.6 Å². The second-order valence-electron chi connectivity index (χ2n) is 5.52. The fourth-order valence-corrected chi connectivity index (χ4v) is 2.72. The van der Waals surface area contributed by atoms with Crippen LogP contribution >= 0.6 is 0 Å². The van der Waals surface area contributed by atoms with Crippen LogP contribution in [0.5, 0.6) is 0 Å². The van der Waals surface area contributed by atoms with Gasteiger partial charge in [0, 0.05) is 37.6 Å². The van der Waals surface area contributed by atoms with Gasteiger partial charge in [-0.2, -0.15) is 0 Å². The van der Waals surface area contributed by atoms with Gasteiger partial charge in [0.15, 0.2) is 0 Å². The van der Waals surface area contributed by atoms with Crippen LogP contribution in [0.15, 0.2) is 18.3 Å². The summed E-state index contributed by atoms with van der Waals surface area (Å²) in [6, 6.07) is 4.51. The molecule has 1 aromatic heterocycles. The third-order valence-corrected chi connectivity index (χ3v) is 3.98. The summed E-state index contributed by atoms with van der Waals surface area (Å²) in [7, 11) is 0. The predicted molar refractivity (Wildman–Crippen MR) is 80.2 cm³/mol. The molecule has 2 unspecified atom stereocenters. The number of hydrogen-bond acceptors (Lipinski definition) is 4. The Hall–Kier alpha value is -1.62. The summed E-state index contributed by atoms with van der Waals surface area (Å²) in [6.07, 6.45) is 3.74. The van der Waals surface area contributed by atoms with E-state index in [9.17, 15) is 4.79 Å². The van der Waals surface area contributed by atoms with Crippen LogP contribution in [0.2, 0.25) is 0 Å². The van der Waals surface area contributed by atoms with E-state index >= 15 is 0 Å². The van der Waals surface area contributed by atoms with Crippen molar-refractivity contribution in [2.45, 2.75) is 39.3 Å². The van der Waals surface area contributed by atoms with Gasteiger partial charge in [0.05, 0.1) is 11.6 Å². The number of carbonyl (C=O) groups is 1. The monoisotopic (exact) mass is 276 g/mol. The Labute approximate surface area is 120 Å². The maximum Gasteiger partial charge on any atom is 0.221 e. The van der Waals surface area contributed by atoms with Crippen LogP contribution in [0.25, 0.3) is 0 Å². The van der Waals surface area contributed by atoms with E-state index in [4.69, 9.17) is 5.73 Å². The molecule has 0 saturated carbocycles. The van der Waals surface area contributed by atoms with Crippen molar-refractivity contribution in [2.75, 3.05) is 18.4 Å². The van der Waals surface area contributed by atoms with Gasteiger partial charge < -0.3 is 11.1 Å². The van der Waals surface area contributed by atoms with Gasteiger partial charge in [-0.25, -0.2) is 0 Å². The lowest BCUT2D eigenvalue weighted by atomic mass is 9.93. The summed E-state index contributed by atoms with van der Waals surface area (Å²) in [5.74, 6) is -0.209. The van der Waals surface area contributed by atoms with Crippen LogP contribution in [0.1, 0.15) is 32.4 Å². The Bertz CT molecular complexity index is 463. The SMILES string of the molecule is CCNc1ccnc(CN2CC(C(N)=O)CCC2C)c1. The van der Waals surface area contributed by atoms with Crippen LogP contribution in [0.4, 0.5) is 5.69 Å². The second kappa shape index (κ2) is 6.70. The summed E-state index contributed by atoms with van der Waals surface area (Å²) in [5, 5.41) is 3.29. The Morgan fingerprint density at radius 3 is 3.05 bits per heavy atom. The van der Waals surface area contributed by atoms with Gasteiger partial charge in [0.25, 0.3) is 0 Å². The van der Waals surface area contributed by atoms with E-state index in [2.05, 4.69) is 35.1 Å². The lowest BCUT2D eigenvalue weighted by Crippen LogP contribution is -2.45. The van der Waals surface area contributed by atoms with Gasteiger partial charge in [-0.1, -0.05) is 0 Å². The first-order valence-corrected chi connectivity index (χ1v) is 7.32. The minimum atomic E-state index is -0.184. The molecule has 1 aliphatic rings. The molecule has 1 saturated heterocycles. The number of likely N-dealkylation sites (tertiary alicyclic amines) is 1. The maximum absolute atomic E-state index is 11.4. The zero-order valence-corrected chi connectivity index (χ0v) is 12.3.